The van der Waals surface area contributed by atoms with Gasteiger partial charge in [-0.1, -0.05) is 6.07 Å². The molecule has 0 spiro atoms. The van der Waals surface area contributed by atoms with Gasteiger partial charge >= 0.3 is 12.4 Å². The highest BCUT2D eigenvalue weighted by Crippen LogP contribution is 2.36. The monoisotopic (exact) mass is 403 g/mol. The lowest BCUT2D eigenvalue weighted by Gasteiger charge is -2.12. The van der Waals surface area contributed by atoms with E-state index in [2.05, 4.69) is 4.98 Å². The van der Waals surface area contributed by atoms with E-state index in [1.54, 1.807) is 6.07 Å². The van der Waals surface area contributed by atoms with Crippen LogP contribution in [-0.2, 0) is 17.1 Å². The van der Waals surface area contributed by atoms with Crippen LogP contribution < -0.4 is 10.9 Å². The van der Waals surface area contributed by atoms with E-state index in [-0.39, 0.29) is 11.8 Å². The molecular formula is C17H11F6N3O2. The van der Waals surface area contributed by atoms with Gasteiger partial charge in [0.05, 0.1) is 11.1 Å². The fourth-order valence-electron chi connectivity index (χ4n) is 1.97. The molecule has 148 valence electrons. The van der Waals surface area contributed by atoms with Gasteiger partial charge in [-0.15, -0.1) is 0 Å². The molecule has 0 unspecified atom stereocenters. The zero-order valence-corrected chi connectivity index (χ0v) is 13.7. The number of pyridine rings is 1. The van der Waals surface area contributed by atoms with Crippen LogP contribution in [0.5, 0.6) is 0 Å². The van der Waals surface area contributed by atoms with Crippen molar-refractivity contribution in [2.45, 2.75) is 12.4 Å². The SMILES string of the molecule is O=C(/C=C/c1cc(C(F)(F)F)cc(C(F)(F)F)c1)NNC(=O)c1ccccn1. The van der Waals surface area contributed by atoms with Crippen molar-refractivity contribution in [3.8, 4) is 0 Å². The average molecular weight is 403 g/mol. The number of alkyl halides is 6. The second kappa shape index (κ2) is 8.11. The molecule has 0 aliphatic heterocycles. The third kappa shape index (κ3) is 5.83. The van der Waals surface area contributed by atoms with Gasteiger partial charge < -0.3 is 0 Å². The Morgan fingerprint density at radius 3 is 2.00 bits per heavy atom. The number of hydrogen-bond donors (Lipinski definition) is 2. The number of carbonyl (C=O) groups excluding carboxylic acids is 2. The van der Waals surface area contributed by atoms with E-state index in [9.17, 15) is 35.9 Å². The summed E-state index contributed by atoms with van der Waals surface area (Å²) in [6, 6.07) is 5.35. The van der Waals surface area contributed by atoms with Gasteiger partial charge in [0.15, 0.2) is 0 Å². The molecule has 11 heteroatoms. The summed E-state index contributed by atoms with van der Waals surface area (Å²) in [7, 11) is 0. The number of hydrogen-bond acceptors (Lipinski definition) is 3. The number of rotatable bonds is 3. The summed E-state index contributed by atoms with van der Waals surface area (Å²) in [5, 5.41) is 0. The van der Waals surface area contributed by atoms with Gasteiger partial charge in [-0.25, -0.2) is 0 Å². The van der Waals surface area contributed by atoms with Gasteiger partial charge in [-0.2, -0.15) is 26.3 Å². The fourth-order valence-corrected chi connectivity index (χ4v) is 1.97. The van der Waals surface area contributed by atoms with Crippen LogP contribution in [0.15, 0.2) is 48.7 Å². The minimum atomic E-state index is -5.00. The molecule has 0 aliphatic carbocycles. The maximum atomic E-state index is 12.8. The Kier molecular flexibility index (Phi) is 6.06. The Morgan fingerprint density at radius 1 is 0.893 bits per heavy atom. The average Bonchev–Trinajstić information content (AvgIpc) is 2.63. The van der Waals surface area contributed by atoms with E-state index in [1.165, 1.54) is 18.3 Å². The van der Waals surface area contributed by atoms with Crippen molar-refractivity contribution < 1.29 is 35.9 Å². The number of aromatic nitrogens is 1. The zero-order valence-electron chi connectivity index (χ0n) is 13.7. The first kappa shape index (κ1) is 20.9. The highest BCUT2D eigenvalue weighted by molar-refractivity contribution is 5.96. The normalized spacial score (nSPS) is 12.1. The van der Waals surface area contributed by atoms with Crippen molar-refractivity contribution in [3.05, 3.63) is 71.1 Å². The molecule has 2 amide bonds. The summed E-state index contributed by atoms with van der Waals surface area (Å²) in [5.74, 6) is -1.74. The first-order chi connectivity index (χ1) is 13.0. The van der Waals surface area contributed by atoms with E-state index < -0.39 is 40.9 Å². The van der Waals surface area contributed by atoms with Crippen molar-refractivity contribution in [2.75, 3.05) is 0 Å². The molecule has 2 N–H and O–H groups in total. The molecule has 5 nitrogen and oxygen atoms in total. The van der Waals surface area contributed by atoms with Crippen molar-refractivity contribution in [1.82, 2.24) is 15.8 Å². The predicted octanol–water partition coefficient (Wildman–Crippen LogP) is 3.59. The minimum Gasteiger partial charge on any atom is -0.268 e. The zero-order chi connectivity index (χ0) is 20.9. The molecule has 2 rings (SSSR count). The van der Waals surface area contributed by atoms with E-state index in [1.807, 2.05) is 10.9 Å². The summed E-state index contributed by atoms with van der Waals surface area (Å²) >= 11 is 0. The Labute approximate surface area is 154 Å². The van der Waals surface area contributed by atoms with Crippen LogP contribution in [0, 0.1) is 0 Å². The number of nitrogens with one attached hydrogen (secondary N) is 2. The van der Waals surface area contributed by atoms with E-state index in [4.69, 9.17) is 0 Å². The first-order valence-corrected chi connectivity index (χ1v) is 7.46. The second-order valence-electron chi connectivity index (χ2n) is 5.33. The van der Waals surface area contributed by atoms with Gasteiger partial charge in [-0.3, -0.25) is 25.4 Å². The number of hydrazine groups is 1. The molecule has 0 bridgehead atoms. The van der Waals surface area contributed by atoms with Gasteiger partial charge in [0, 0.05) is 12.3 Å². The van der Waals surface area contributed by atoms with E-state index >= 15 is 0 Å². The maximum Gasteiger partial charge on any atom is 0.416 e. The first-order valence-electron chi connectivity index (χ1n) is 7.46. The Balaban J connectivity index is 2.12. The Hall–Kier alpha value is -3.37. The van der Waals surface area contributed by atoms with E-state index in [0.29, 0.717) is 18.2 Å². The number of benzene rings is 1. The molecule has 0 aliphatic rings. The molecule has 1 aromatic heterocycles. The van der Waals surface area contributed by atoms with Crippen LogP contribution in [0.2, 0.25) is 0 Å². The molecule has 1 aromatic carbocycles. The number of halogens is 6. The largest absolute Gasteiger partial charge is 0.416 e. The molecule has 0 radical (unpaired) electrons. The van der Waals surface area contributed by atoms with Crippen molar-refractivity contribution in [1.29, 1.82) is 0 Å². The number of amides is 2. The lowest BCUT2D eigenvalue weighted by Crippen LogP contribution is -2.41. The van der Waals surface area contributed by atoms with Crippen LogP contribution in [0.3, 0.4) is 0 Å². The summed E-state index contributed by atoms with van der Waals surface area (Å²) in [6.07, 6.45) is -7.23. The van der Waals surface area contributed by atoms with Crippen LogP contribution in [-0.4, -0.2) is 16.8 Å². The van der Waals surface area contributed by atoms with Gasteiger partial charge in [-0.05, 0) is 42.0 Å². The molecule has 0 saturated carbocycles. The van der Waals surface area contributed by atoms with Crippen molar-refractivity contribution in [3.63, 3.8) is 0 Å². The van der Waals surface area contributed by atoms with Crippen LogP contribution in [0.4, 0.5) is 26.3 Å². The number of nitrogens with zero attached hydrogens (tertiary/aromatic N) is 1. The lowest BCUT2D eigenvalue weighted by molar-refractivity contribution is -0.143. The van der Waals surface area contributed by atoms with Gasteiger partial charge in [0.2, 0.25) is 0 Å². The quantitative estimate of drug-likeness (QED) is 0.468. The topological polar surface area (TPSA) is 71.1 Å². The van der Waals surface area contributed by atoms with Crippen LogP contribution >= 0.6 is 0 Å². The maximum absolute atomic E-state index is 12.8. The molecule has 0 fully saturated rings. The second-order valence-corrected chi connectivity index (χ2v) is 5.33. The van der Waals surface area contributed by atoms with Crippen LogP contribution in [0.25, 0.3) is 6.08 Å². The number of carbonyl (C=O) groups is 2. The highest BCUT2D eigenvalue weighted by Gasteiger charge is 2.36. The molecular weight excluding hydrogens is 392 g/mol. The molecule has 2 aromatic rings. The summed E-state index contributed by atoms with van der Waals surface area (Å²) < 4.78 is 76.7. The summed E-state index contributed by atoms with van der Waals surface area (Å²) in [6.45, 7) is 0. The third-order valence-electron chi connectivity index (χ3n) is 3.23. The third-order valence-corrected chi connectivity index (χ3v) is 3.23. The van der Waals surface area contributed by atoms with E-state index in [0.717, 1.165) is 6.08 Å². The Bertz CT molecular complexity index is 860. The standard InChI is InChI=1S/C17H11F6N3O2/c18-16(19,20)11-7-10(8-12(9-11)17(21,22)23)4-5-14(27)25-26-15(28)13-3-1-2-6-24-13/h1-9H,(H,25,27)(H,26,28)/b5-4+. The summed E-state index contributed by atoms with van der Waals surface area (Å²) in [4.78, 5) is 27.0. The van der Waals surface area contributed by atoms with Crippen LogP contribution in [0.1, 0.15) is 27.2 Å². The van der Waals surface area contributed by atoms with Crippen molar-refractivity contribution >= 4 is 17.9 Å². The summed E-state index contributed by atoms with van der Waals surface area (Å²) in [5.41, 5.74) is 0.402. The lowest BCUT2D eigenvalue weighted by atomic mass is 10.0. The molecule has 0 saturated heterocycles. The Morgan fingerprint density at radius 2 is 1.50 bits per heavy atom. The predicted molar refractivity (Wildman–Crippen MR) is 85.3 cm³/mol. The molecule has 28 heavy (non-hydrogen) atoms. The van der Waals surface area contributed by atoms with Gasteiger partial charge in [0.25, 0.3) is 11.8 Å². The van der Waals surface area contributed by atoms with Gasteiger partial charge in [0.1, 0.15) is 5.69 Å². The molecule has 0 atom stereocenters. The van der Waals surface area contributed by atoms with Crippen molar-refractivity contribution in [2.24, 2.45) is 0 Å². The fraction of sp³-hybridized carbons (Fsp3) is 0.118. The highest BCUT2D eigenvalue weighted by atomic mass is 19.4. The minimum absolute atomic E-state index is 0.0144. The smallest absolute Gasteiger partial charge is 0.268 e. The molecule has 1 heterocycles.